The Morgan fingerprint density at radius 3 is 2.91 bits per heavy atom. The van der Waals surface area contributed by atoms with Gasteiger partial charge >= 0.3 is 6.18 Å². The topological polar surface area (TPSA) is 55.3 Å². The van der Waals surface area contributed by atoms with Gasteiger partial charge in [-0.05, 0) is 12.1 Å². The first-order valence-corrected chi connectivity index (χ1v) is 6.85. The molecule has 0 unspecified atom stereocenters. The third kappa shape index (κ3) is 3.25. The molecule has 0 radical (unpaired) electrons. The number of nitrogens with zero attached hydrogens (tertiary/aromatic N) is 3. The highest BCUT2D eigenvalue weighted by molar-refractivity contribution is 5.96. The van der Waals surface area contributed by atoms with Crippen LogP contribution in [0.4, 0.5) is 18.9 Å². The molecule has 3 rings (SSSR count). The predicted octanol–water partition coefficient (Wildman–Crippen LogP) is 2.46. The van der Waals surface area contributed by atoms with Gasteiger partial charge < -0.3 is 9.64 Å². The average Bonchev–Trinajstić information content (AvgIpc) is 2.53. The molecular formula is C15H12F3N3O2. The van der Waals surface area contributed by atoms with Gasteiger partial charge in [-0.25, -0.2) is 4.98 Å². The van der Waals surface area contributed by atoms with Crippen LogP contribution in [0.1, 0.15) is 11.4 Å². The highest BCUT2D eigenvalue weighted by atomic mass is 19.4. The van der Waals surface area contributed by atoms with Crippen LogP contribution >= 0.6 is 0 Å². The van der Waals surface area contributed by atoms with Crippen molar-refractivity contribution in [1.82, 2.24) is 9.97 Å². The molecule has 1 aliphatic rings. The van der Waals surface area contributed by atoms with E-state index in [1.165, 1.54) is 23.2 Å². The molecule has 0 N–H and O–H groups in total. The second-order valence-corrected chi connectivity index (χ2v) is 4.93. The van der Waals surface area contributed by atoms with Crippen molar-refractivity contribution in [3.63, 3.8) is 0 Å². The Morgan fingerprint density at radius 1 is 1.30 bits per heavy atom. The molecule has 1 amide bonds. The second kappa shape index (κ2) is 5.86. The van der Waals surface area contributed by atoms with Crippen molar-refractivity contribution in [3.05, 3.63) is 48.0 Å². The molecule has 5 nitrogen and oxygen atoms in total. The molecule has 0 bridgehead atoms. The largest absolute Gasteiger partial charge is 0.489 e. The summed E-state index contributed by atoms with van der Waals surface area (Å²) in [7, 11) is 0. The van der Waals surface area contributed by atoms with Crippen molar-refractivity contribution < 1.29 is 22.7 Å². The lowest BCUT2D eigenvalue weighted by atomic mass is 10.2. The number of hydrogen-bond acceptors (Lipinski definition) is 4. The molecule has 23 heavy (non-hydrogen) atoms. The lowest BCUT2D eigenvalue weighted by Gasteiger charge is -2.29. The standard InChI is InChI=1S/C15H12F3N3O2/c16-15(17,18)13-3-1-2-10(20-13)8-14(22)21-6-7-23-12-4-5-19-9-11(12)21/h1-5,9H,6-8H2. The molecule has 0 aliphatic carbocycles. The highest BCUT2D eigenvalue weighted by Crippen LogP contribution is 2.31. The minimum absolute atomic E-state index is 0.0711. The quantitative estimate of drug-likeness (QED) is 0.852. The number of fused-ring (bicyclic) bond motifs is 1. The molecule has 0 saturated heterocycles. The first-order valence-electron chi connectivity index (χ1n) is 6.85. The van der Waals surface area contributed by atoms with E-state index in [1.54, 1.807) is 12.3 Å². The molecule has 3 heterocycles. The zero-order valence-corrected chi connectivity index (χ0v) is 11.9. The van der Waals surface area contributed by atoms with Crippen LogP contribution in [0.5, 0.6) is 5.75 Å². The van der Waals surface area contributed by atoms with Crippen LogP contribution in [-0.2, 0) is 17.4 Å². The van der Waals surface area contributed by atoms with Gasteiger partial charge in [0, 0.05) is 12.3 Å². The van der Waals surface area contributed by atoms with E-state index in [0.717, 1.165) is 6.07 Å². The summed E-state index contributed by atoms with van der Waals surface area (Å²) in [5.74, 6) is 0.172. The summed E-state index contributed by atoms with van der Waals surface area (Å²) in [6.45, 7) is 0.634. The van der Waals surface area contributed by atoms with E-state index < -0.39 is 11.9 Å². The lowest BCUT2D eigenvalue weighted by Crippen LogP contribution is -2.39. The average molecular weight is 323 g/mol. The lowest BCUT2D eigenvalue weighted by molar-refractivity contribution is -0.141. The molecular weight excluding hydrogens is 311 g/mol. The van der Waals surface area contributed by atoms with E-state index in [1.807, 2.05) is 0 Å². The SMILES string of the molecule is O=C(Cc1cccc(C(F)(F)F)n1)N1CCOc2ccncc21. The zero-order chi connectivity index (χ0) is 16.4. The van der Waals surface area contributed by atoms with Crippen molar-refractivity contribution in [3.8, 4) is 5.75 Å². The van der Waals surface area contributed by atoms with Gasteiger partial charge in [0.05, 0.1) is 24.9 Å². The Morgan fingerprint density at radius 2 is 2.13 bits per heavy atom. The smallest absolute Gasteiger partial charge is 0.433 e. The minimum Gasteiger partial charge on any atom is -0.489 e. The predicted molar refractivity (Wildman–Crippen MR) is 75.0 cm³/mol. The first-order chi connectivity index (χ1) is 10.9. The van der Waals surface area contributed by atoms with Crippen LogP contribution in [0, 0.1) is 0 Å². The van der Waals surface area contributed by atoms with E-state index in [0.29, 0.717) is 24.6 Å². The molecule has 0 saturated carbocycles. The van der Waals surface area contributed by atoms with E-state index in [9.17, 15) is 18.0 Å². The maximum absolute atomic E-state index is 12.7. The molecule has 0 aromatic carbocycles. The van der Waals surface area contributed by atoms with Crippen LogP contribution < -0.4 is 9.64 Å². The van der Waals surface area contributed by atoms with Gasteiger partial charge in [-0.3, -0.25) is 9.78 Å². The molecule has 1 aliphatic heterocycles. The van der Waals surface area contributed by atoms with Crippen LogP contribution in [-0.4, -0.2) is 29.0 Å². The van der Waals surface area contributed by atoms with Gasteiger partial charge in [0.15, 0.2) is 0 Å². The van der Waals surface area contributed by atoms with E-state index in [-0.39, 0.29) is 18.0 Å². The molecule has 2 aromatic rings. The minimum atomic E-state index is -4.53. The van der Waals surface area contributed by atoms with Gasteiger partial charge in [-0.2, -0.15) is 13.2 Å². The molecule has 0 fully saturated rings. The molecule has 0 atom stereocenters. The normalized spacial score (nSPS) is 14.1. The highest BCUT2D eigenvalue weighted by Gasteiger charge is 2.32. The third-order valence-electron chi connectivity index (χ3n) is 3.36. The van der Waals surface area contributed by atoms with E-state index in [4.69, 9.17) is 4.74 Å². The Balaban J connectivity index is 1.81. The fourth-order valence-electron chi connectivity index (χ4n) is 2.31. The van der Waals surface area contributed by atoms with Crippen LogP contribution in [0.2, 0.25) is 0 Å². The van der Waals surface area contributed by atoms with Gasteiger partial charge in [0.1, 0.15) is 23.7 Å². The number of carbonyl (C=O) groups excluding carboxylic acids is 1. The number of anilines is 1. The number of carbonyl (C=O) groups is 1. The number of rotatable bonds is 2. The maximum atomic E-state index is 12.7. The first kappa shape index (κ1) is 15.3. The maximum Gasteiger partial charge on any atom is 0.433 e. The Hall–Kier alpha value is -2.64. The summed E-state index contributed by atoms with van der Waals surface area (Å²) >= 11 is 0. The Kier molecular flexibility index (Phi) is 3.89. The number of aromatic nitrogens is 2. The Bertz CT molecular complexity index is 734. The molecule has 120 valence electrons. The Labute approximate surface area is 129 Å². The number of amides is 1. The zero-order valence-electron chi connectivity index (χ0n) is 11.9. The fourth-order valence-corrected chi connectivity index (χ4v) is 2.31. The van der Waals surface area contributed by atoms with Crippen molar-refractivity contribution in [2.24, 2.45) is 0 Å². The summed E-state index contributed by atoms with van der Waals surface area (Å²) in [6, 6.07) is 5.16. The summed E-state index contributed by atoms with van der Waals surface area (Å²) in [6.07, 6.45) is -1.72. The van der Waals surface area contributed by atoms with Gasteiger partial charge in [-0.15, -0.1) is 0 Å². The summed E-state index contributed by atoms with van der Waals surface area (Å²) in [5, 5.41) is 0. The summed E-state index contributed by atoms with van der Waals surface area (Å²) in [5.41, 5.74) is -0.427. The van der Waals surface area contributed by atoms with Gasteiger partial charge in [-0.1, -0.05) is 6.07 Å². The number of pyridine rings is 2. The van der Waals surface area contributed by atoms with E-state index in [2.05, 4.69) is 9.97 Å². The molecule has 2 aromatic heterocycles. The number of halogens is 3. The summed E-state index contributed by atoms with van der Waals surface area (Å²) in [4.78, 5) is 21.3. The van der Waals surface area contributed by atoms with Crippen molar-refractivity contribution in [2.75, 3.05) is 18.1 Å². The van der Waals surface area contributed by atoms with Crippen molar-refractivity contribution >= 4 is 11.6 Å². The number of alkyl halides is 3. The van der Waals surface area contributed by atoms with Gasteiger partial charge in [0.25, 0.3) is 0 Å². The molecule has 8 heteroatoms. The number of hydrogen-bond donors (Lipinski definition) is 0. The van der Waals surface area contributed by atoms with Crippen LogP contribution in [0.15, 0.2) is 36.7 Å². The third-order valence-corrected chi connectivity index (χ3v) is 3.36. The van der Waals surface area contributed by atoms with Gasteiger partial charge in [0.2, 0.25) is 5.91 Å². The van der Waals surface area contributed by atoms with Crippen LogP contribution in [0.25, 0.3) is 0 Å². The van der Waals surface area contributed by atoms with E-state index >= 15 is 0 Å². The summed E-state index contributed by atoms with van der Waals surface area (Å²) < 4.78 is 43.4. The number of ether oxygens (including phenoxy) is 1. The van der Waals surface area contributed by atoms with Crippen molar-refractivity contribution in [1.29, 1.82) is 0 Å². The second-order valence-electron chi connectivity index (χ2n) is 4.93. The molecule has 0 spiro atoms. The monoisotopic (exact) mass is 323 g/mol. The fraction of sp³-hybridized carbons (Fsp3) is 0.267. The van der Waals surface area contributed by atoms with Crippen molar-refractivity contribution in [2.45, 2.75) is 12.6 Å². The van der Waals surface area contributed by atoms with Crippen LogP contribution in [0.3, 0.4) is 0 Å².